The first-order valence-corrected chi connectivity index (χ1v) is 11.5. The first-order chi connectivity index (χ1) is 16.8. The summed E-state index contributed by atoms with van der Waals surface area (Å²) in [7, 11) is 1.60. The predicted molar refractivity (Wildman–Crippen MR) is 128 cm³/mol. The fourth-order valence-electron chi connectivity index (χ4n) is 5.13. The third-order valence-electron chi connectivity index (χ3n) is 6.94. The van der Waals surface area contributed by atoms with Crippen LogP contribution in [0.25, 0.3) is 11.1 Å². The number of carbonyl (C=O) groups excluding carboxylic acids is 2. The van der Waals surface area contributed by atoms with Gasteiger partial charge < -0.3 is 14.7 Å². The average Bonchev–Trinajstić information content (AvgIpc) is 3.51. The molecule has 9 nitrogen and oxygen atoms in total. The number of likely N-dealkylation sites (tertiary alicyclic amines) is 1. The monoisotopic (exact) mass is 474 g/mol. The third-order valence-corrected chi connectivity index (χ3v) is 6.94. The SMILES string of the molecule is C[C@@H]1CN(C(=O)c2c(NC(=O)OCC3c4ccccc4-c4ccccc43)cnn2C)C[C@H]1C(=O)O. The van der Waals surface area contributed by atoms with E-state index >= 15 is 0 Å². The highest BCUT2D eigenvalue weighted by atomic mass is 16.5. The van der Waals surface area contributed by atoms with E-state index in [-0.39, 0.29) is 42.3 Å². The lowest BCUT2D eigenvalue weighted by molar-refractivity contribution is -0.142. The molecule has 0 unspecified atom stereocenters. The molecular weight excluding hydrogens is 448 g/mol. The summed E-state index contributed by atoms with van der Waals surface area (Å²) in [6.07, 6.45) is 0.704. The number of carbonyl (C=O) groups is 3. The molecular formula is C26H26N4O5. The number of aromatic nitrogens is 2. The predicted octanol–water partition coefficient (Wildman–Crippen LogP) is 3.57. The van der Waals surface area contributed by atoms with Crippen molar-refractivity contribution >= 4 is 23.7 Å². The van der Waals surface area contributed by atoms with E-state index in [0.29, 0.717) is 6.54 Å². The van der Waals surface area contributed by atoms with Crippen LogP contribution in [-0.2, 0) is 16.6 Å². The van der Waals surface area contributed by atoms with Crippen molar-refractivity contribution in [1.29, 1.82) is 0 Å². The van der Waals surface area contributed by atoms with Crippen molar-refractivity contribution in [1.82, 2.24) is 14.7 Å². The largest absolute Gasteiger partial charge is 0.481 e. The number of rotatable bonds is 5. The summed E-state index contributed by atoms with van der Waals surface area (Å²) in [6.45, 7) is 2.40. The molecule has 180 valence electrons. The molecule has 2 aromatic carbocycles. The number of ether oxygens (including phenoxy) is 1. The van der Waals surface area contributed by atoms with Gasteiger partial charge in [0, 0.05) is 26.1 Å². The number of nitrogens with one attached hydrogen (secondary N) is 1. The third kappa shape index (κ3) is 4.03. The zero-order valence-electron chi connectivity index (χ0n) is 19.5. The van der Waals surface area contributed by atoms with Gasteiger partial charge in [-0.25, -0.2) is 4.79 Å². The van der Waals surface area contributed by atoms with E-state index in [4.69, 9.17) is 4.74 Å². The van der Waals surface area contributed by atoms with Gasteiger partial charge in [-0.2, -0.15) is 5.10 Å². The quantitative estimate of drug-likeness (QED) is 0.584. The van der Waals surface area contributed by atoms with Crippen molar-refractivity contribution in [2.75, 3.05) is 25.0 Å². The number of amides is 2. The van der Waals surface area contributed by atoms with Gasteiger partial charge in [0.1, 0.15) is 12.3 Å². The fourth-order valence-corrected chi connectivity index (χ4v) is 5.13. The number of nitrogens with zero attached hydrogens (tertiary/aromatic N) is 3. The Morgan fingerprint density at radius 1 is 1.06 bits per heavy atom. The second-order valence-corrected chi connectivity index (χ2v) is 9.11. The van der Waals surface area contributed by atoms with Crippen LogP contribution in [0.15, 0.2) is 54.7 Å². The van der Waals surface area contributed by atoms with Crippen molar-refractivity contribution < 1.29 is 24.2 Å². The summed E-state index contributed by atoms with van der Waals surface area (Å²) in [5.41, 5.74) is 4.89. The smallest absolute Gasteiger partial charge is 0.411 e. The maximum Gasteiger partial charge on any atom is 0.411 e. The maximum absolute atomic E-state index is 13.2. The van der Waals surface area contributed by atoms with Crippen LogP contribution in [0, 0.1) is 11.8 Å². The van der Waals surface area contributed by atoms with E-state index in [2.05, 4.69) is 22.5 Å². The van der Waals surface area contributed by atoms with Gasteiger partial charge in [0.25, 0.3) is 5.91 Å². The van der Waals surface area contributed by atoms with Crippen LogP contribution in [0.5, 0.6) is 0 Å². The minimum absolute atomic E-state index is 0.0813. The van der Waals surface area contributed by atoms with Gasteiger partial charge in [-0.15, -0.1) is 0 Å². The maximum atomic E-state index is 13.2. The lowest BCUT2D eigenvalue weighted by atomic mass is 9.98. The molecule has 2 N–H and O–H groups in total. The molecule has 0 bridgehead atoms. The number of hydrogen-bond donors (Lipinski definition) is 2. The minimum Gasteiger partial charge on any atom is -0.481 e. The molecule has 9 heteroatoms. The number of aliphatic carboxylic acids is 1. The van der Waals surface area contributed by atoms with Crippen LogP contribution in [0.3, 0.4) is 0 Å². The molecule has 0 saturated carbocycles. The van der Waals surface area contributed by atoms with Gasteiger partial charge in [0.2, 0.25) is 0 Å². The number of fused-ring (bicyclic) bond motifs is 3. The summed E-state index contributed by atoms with van der Waals surface area (Å²) in [5, 5.41) is 16.1. The Kier molecular flexibility index (Phi) is 5.76. The molecule has 1 fully saturated rings. The van der Waals surface area contributed by atoms with Gasteiger partial charge in [0.05, 0.1) is 17.8 Å². The molecule has 2 atom stereocenters. The molecule has 5 rings (SSSR count). The zero-order chi connectivity index (χ0) is 24.7. The van der Waals surface area contributed by atoms with Crippen LogP contribution >= 0.6 is 0 Å². The zero-order valence-corrected chi connectivity index (χ0v) is 19.5. The molecule has 3 aromatic rings. The summed E-state index contributed by atoms with van der Waals surface area (Å²) >= 11 is 0. The Balaban J connectivity index is 1.28. The topological polar surface area (TPSA) is 114 Å². The van der Waals surface area contributed by atoms with Crippen molar-refractivity contribution in [2.45, 2.75) is 12.8 Å². The van der Waals surface area contributed by atoms with Crippen LogP contribution < -0.4 is 5.32 Å². The second kappa shape index (κ2) is 8.90. The number of benzene rings is 2. The van der Waals surface area contributed by atoms with Crippen molar-refractivity contribution in [3.05, 3.63) is 71.5 Å². The van der Waals surface area contributed by atoms with Gasteiger partial charge in [0.15, 0.2) is 0 Å². The molecule has 2 heterocycles. The summed E-state index contributed by atoms with van der Waals surface area (Å²) in [5.74, 6) is -2.17. The molecule has 0 radical (unpaired) electrons. The van der Waals surface area contributed by atoms with Gasteiger partial charge in [-0.05, 0) is 28.2 Å². The number of hydrogen-bond acceptors (Lipinski definition) is 5. The molecule has 1 aliphatic carbocycles. The Bertz CT molecular complexity index is 1270. The molecule has 0 spiro atoms. The first kappa shape index (κ1) is 22.6. The Morgan fingerprint density at radius 2 is 1.69 bits per heavy atom. The van der Waals surface area contributed by atoms with Crippen LogP contribution in [-0.4, -0.2) is 57.5 Å². The van der Waals surface area contributed by atoms with E-state index in [1.54, 1.807) is 7.05 Å². The van der Waals surface area contributed by atoms with Gasteiger partial charge in [-0.1, -0.05) is 55.5 Å². The van der Waals surface area contributed by atoms with Crippen LogP contribution in [0.2, 0.25) is 0 Å². The summed E-state index contributed by atoms with van der Waals surface area (Å²) in [4.78, 5) is 38.8. The molecule has 35 heavy (non-hydrogen) atoms. The molecule has 1 aliphatic heterocycles. The Hall–Kier alpha value is -4.14. The van der Waals surface area contributed by atoms with E-state index in [0.717, 1.165) is 22.3 Å². The van der Waals surface area contributed by atoms with E-state index in [9.17, 15) is 19.5 Å². The molecule has 2 aliphatic rings. The van der Waals surface area contributed by atoms with Crippen molar-refractivity contribution in [3.8, 4) is 11.1 Å². The Labute approximate surface area is 202 Å². The van der Waals surface area contributed by atoms with Crippen molar-refractivity contribution in [2.24, 2.45) is 18.9 Å². The van der Waals surface area contributed by atoms with Gasteiger partial charge in [-0.3, -0.25) is 19.6 Å². The Morgan fingerprint density at radius 3 is 2.29 bits per heavy atom. The van der Waals surface area contributed by atoms with Crippen molar-refractivity contribution in [3.63, 3.8) is 0 Å². The minimum atomic E-state index is -0.921. The normalized spacial score (nSPS) is 18.7. The summed E-state index contributed by atoms with van der Waals surface area (Å²) in [6, 6.07) is 16.1. The lowest BCUT2D eigenvalue weighted by Gasteiger charge is -2.18. The average molecular weight is 475 g/mol. The number of carboxylic acids is 1. The lowest BCUT2D eigenvalue weighted by Crippen LogP contribution is -2.32. The number of anilines is 1. The highest BCUT2D eigenvalue weighted by molar-refractivity contribution is 6.01. The van der Waals surface area contributed by atoms with E-state index in [1.807, 2.05) is 43.3 Å². The number of carboxylic acid groups (broad SMARTS) is 1. The fraction of sp³-hybridized carbons (Fsp3) is 0.308. The number of aryl methyl sites for hydroxylation is 1. The summed E-state index contributed by atoms with van der Waals surface area (Å²) < 4.78 is 6.96. The van der Waals surface area contributed by atoms with E-state index < -0.39 is 18.0 Å². The highest BCUT2D eigenvalue weighted by Gasteiger charge is 2.38. The van der Waals surface area contributed by atoms with Crippen LogP contribution in [0.4, 0.5) is 10.5 Å². The highest BCUT2D eigenvalue weighted by Crippen LogP contribution is 2.44. The second-order valence-electron chi connectivity index (χ2n) is 9.11. The molecule has 2 amide bonds. The van der Waals surface area contributed by atoms with Gasteiger partial charge >= 0.3 is 12.1 Å². The standard InChI is InChI=1S/C26H26N4O5/c1-15-12-30(13-20(15)25(32)33)24(31)23-22(11-27-29(23)2)28-26(34)35-14-21-18-9-5-3-7-16(18)17-8-4-6-10-19(17)21/h3-11,15,20-21H,12-14H2,1-2H3,(H,28,34)(H,32,33)/t15-,20-/m1/s1. The molecule has 1 aromatic heterocycles. The van der Waals surface area contributed by atoms with Crippen LogP contribution in [0.1, 0.15) is 34.5 Å². The first-order valence-electron chi connectivity index (χ1n) is 11.5. The van der Waals surface area contributed by atoms with E-state index in [1.165, 1.54) is 15.8 Å². The molecule has 1 saturated heterocycles.